The van der Waals surface area contributed by atoms with Crippen molar-refractivity contribution in [2.75, 3.05) is 21.1 Å². The monoisotopic (exact) mass is 867 g/mol. The summed E-state index contributed by atoms with van der Waals surface area (Å²) in [5, 5.41) is 0. The molecule has 12 heteroatoms. The lowest BCUT2D eigenvalue weighted by Crippen LogP contribution is -2.60. The lowest BCUT2D eigenvalue weighted by Gasteiger charge is -2.53. The normalized spacial score (nSPS) is 28.4. The van der Waals surface area contributed by atoms with Crippen LogP contribution in [0.2, 0.25) is 0 Å². The number of ether oxygens (including phenoxy) is 4. The van der Waals surface area contributed by atoms with Crippen LogP contribution < -0.4 is 5.73 Å². The number of nitrogens with zero attached hydrogens (tertiary/aromatic N) is 3. The molecule has 1 aromatic rings. The average molecular weight is 867 g/mol. The summed E-state index contributed by atoms with van der Waals surface area (Å²) >= 11 is 0. The molecule has 0 bridgehead atoms. The van der Waals surface area contributed by atoms with Crippen molar-refractivity contribution < 1.29 is 38.1 Å². The molecule has 3 saturated heterocycles. The molecule has 4 aliphatic rings. The summed E-state index contributed by atoms with van der Waals surface area (Å²) in [6.45, 7) is 33.7. The zero-order valence-corrected chi connectivity index (χ0v) is 41.9. The van der Waals surface area contributed by atoms with Crippen molar-refractivity contribution in [2.24, 2.45) is 16.6 Å². The van der Waals surface area contributed by atoms with Gasteiger partial charge >= 0.3 is 23.9 Å². The first-order valence-corrected chi connectivity index (χ1v) is 22.9. The first-order chi connectivity index (χ1) is 27.9. The highest BCUT2D eigenvalue weighted by atomic mass is 16.6. The van der Waals surface area contributed by atoms with Gasteiger partial charge in [0, 0.05) is 77.8 Å². The Labute approximate surface area is 373 Å². The molecule has 3 heterocycles. The van der Waals surface area contributed by atoms with Gasteiger partial charge in [-0.25, -0.2) is 19.2 Å². The first-order valence-electron chi connectivity index (χ1n) is 22.9. The van der Waals surface area contributed by atoms with Crippen LogP contribution in [0.3, 0.4) is 0 Å². The SMILES string of the molecule is CN1C(C)(C)CC(OC(=O)c2cc(C(=O)OC3CC(C)(C)N(C)C(C)(C)C3)c(C(=O)OC3CC(C)(C)N(C)C(C)(C)C3)cc2C(=O)OC2CC(C)(C)C(N)C(C)(C)C2)CC1(C)C. The fourth-order valence-corrected chi connectivity index (χ4v) is 11.9. The van der Waals surface area contributed by atoms with E-state index in [2.05, 4.69) is 147 Å². The van der Waals surface area contributed by atoms with Crippen molar-refractivity contribution in [2.45, 2.75) is 226 Å². The van der Waals surface area contributed by atoms with E-state index in [9.17, 15) is 19.2 Å². The largest absolute Gasteiger partial charge is 0.459 e. The zero-order chi connectivity index (χ0) is 47.1. The highest BCUT2D eigenvalue weighted by Crippen LogP contribution is 2.47. The van der Waals surface area contributed by atoms with Gasteiger partial charge in [0.05, 0.1) is 22.3 Å². The third kappa shape index (κ3) is 10.1. The molecule has 0 atom stereocenters. The number of piperidine rings is 3. The molecule has 350 valence electrons. The summed E-state index contributed by atoms with van der Waals surface area (Å²) < 4.78 is 25.3. The van der Waals surface area contributed by atoms with Crippen molar-refractivity contribution in [3.05, 3.63) is 34.4 Å². The van der Waals surface area contributed by atoms with Crippen molar-refractivity contribution >= 4 is 23.9 Å². The van der Waals surface area contributed by atoms with Gasteiger partial charge in [0.25, 0.3) is 0 Å². The fourth-order valence-electron chi connectivity index (χ4n) is 11.9. The Bertz CT molecular complexity index is 1570. The summed E-state index contributed by atoms with van der Waals surface area (Å²) in [5.41, 5.74) is 3.56. The second kappa shape index (κ2) is 16.4. The lowest BCUT2D eigenvalue weighted by atomic mass is 9.60. The maximum atomic E-state index is 14.7. The van der Waals surface area contributed by atoms with Gasteiger partial charge in [-0.15, -0.1) is 0 Å². The number of benzene rings is 1. The van der Waals surface area contributed by atoms with E-state index < -0.39 is 48.3 Å². The van der Waals surface area contributed by atoms with E-state index in [4.69, 9.17) is 24.7 Å². The minimum Gasteiger partial charge on any atom is -0.459 e. The predicted octanol–water partition coefficient (Wildman–Crippen LogP) is 8.81. The van der Waals surface area contributed by atoms with Crippen LogP contribution in [0, 0.1) is 10.8 Å². The van der Waals surface area contributed by atoms with Gasteiger partial charge in [-0.3, -0.25) is 14.7 Å². The van der Waals surface area contributed by atoms with Crippen molar-refractivity contribution in [3.8, 4) is 0 Å². The van der Waals surface area contributed by atoms with Crippen LogP contribution in [0.4, 0.5) is 0 Å². The Balaban J connectivity index is 1.63. The summed E-state index contributed by atoms with van der Waals surface area (Å²) in [7, 11) is 6.22. The van der Waals surface area contributed by atoms with Crippen LogP contribution in [0.1, 0.15) is 204 Å². The van der Waals surface area contributed by atoms with E-state index in [1.807, 2.05) is 0 Å². The minimum atomic E-state index is -0.789. The molecule has 3 aliphatic heterocycles. The molecule has 0 amide bonds. The van der Waals surface area contributed by atoms with Gasteiger partial charge in [0.15, 0.2) is 0 Å². The van der Waals surface area contributed by atoms with Crippen LogP contribution >= 0.6 is 0 Å². The first kappa shape index (κ1) is 49.9. The minimum absolute atomic E-state index is 0.138. The molecule has 1 aromatic carbocycles. The van der Waals surface area contributed by atoms with Crippen molar-refractivity contribution in [1.29, 1.82) is 0 Å². The highest BCUT2D eigenvalue weighted by molar-refractivity contribution is 6.10. The lowest BCUT2D eigenvalue weighted by molar-refractivity contribution is -0.0752. The maximum absolute atomic E-state index is 14.7. The summed E-state index contributed by atoms with van der Waals surface area (Å²) in [4.78, 5) is 65.6. The van der Waals surface area contributed by atoms with Gasteiger partial charge in [-0.2, -0.15) is 0 Å². The van der Waals surface area contributed by atoms with Gasteiger partial charge in [-0.1, -0.05) is 27.7 Å². The molecule has 2 N–H and O–H groups in total. The number of nitrogens with two attached hydrogens (primary N) is 1. The second-order valence-corrected chi connectivity index (χ2v) is 24.7. The Kier molecular flexibility index (Phi) is 13.2. The Morgan fingerprint density at radius 2 is 0.581 bits per heavy atom. The molecule has 62 heavy (non-hydrogen) atoms. The van der Waals surface area contributed by atoms with Crippen molar-refractivity contribution in [1.82, 2.24) is 14.7 Å². The van der Waals surface area contributed by atoms with E-state index in [1.54, 1.807) is 0 Å². The number of carbonyl (C=O) groups excluding carboxylic acids is 4. The summed E-state index contributed by atoms with van der Waals surface area (Å²) in [6.07, 6.45) is 2.33. The number of esters is 4. The molecular formula is C50H82N4O8. The molecule has 0 aromatic heterocycles. The smallest absolute Gasteiger partial charge is 0.339 e. The molecule has 4 fully saturated rings. The van der Waals surface area contributed by atoms with Crippen LogP contribution in [0.15, 0.2) is 12.1 Å². The number of likely N-dealkylation sites (tertiary alicyclic amines) is 3. The predicted molar refractivity (Wildman–Crippen MR) is 243 cm³/mol. The standard InChI is InChI=1S/C50H82N4O8/c1-43(2)22-30(23-44(3,4)42(43)51)59-38(55)34-20-36(40(57)61-32-26-47(9,10)53(18)48(11,12)27-32)37(41(58)62-33-28-49(13,14)54(19)50(15,16)29-33)21-35(34)39(56)60-31-24-45(5,6)52(17)46(7,8)25-31/h20-21,30-33,42H,22-29,51H2,1-19H3. The van der Waals surface area contributed by atoms with Crippen LogP contribution in [0.5, 0.6) is 0 Å². The van der Waals surface area contributed by atoms with E-state index in [0.29, 0.717) is 51.4 Å². The van der Waals surface area contributed by atoms with Gasteiger partial charge < -0.3 is 24.7 Å². The van der Waals surface area contributed by atoms with Crippen LogP contribution in [-0.4, -0.2) is 123 Å². The Hall–Kier alpha value is -3.06. The van der Waals surface area contributed by atoms with Gasteiger partial charge in [0.2, 0.25) is 0 Å². The number of hydrogen-bond donors (Lipinski definition) is 1. The van der Waals surface area contributed by atoms with E-state index in [-0.39, 0.29) is 72.4 Å². The topological polar surface area (TPSA) is 141 Å². The molecule has 12 nitrogen and oxygen atoms in total. The average Bonchev–Trinajstić information content (AvgIpc) is 3.09. The maximum Gasteiger partial charge on any atom is 0.339 e. The Morgan fingerprint density at radius 1 is 0.403 bits per heavy atom. The van der Waals surface area contributed by atoms with Crippen molar-refractivity contribution in [3.63, 3.8) is 0 Å². The zero-order valence-electron chi connectivity index (χ0n) is 41.9. The highest BCUT2D eigenvalue weighted by Gasteiger charge is 2.50. The summed E-state index contributed by atoms with van der Waals surface area (Å²) in [6, 6.07) is 2.47. The van der Waals surface area contributed by atoms with Gasteiger partial charge in [0.1, 0.15) is 24.4 Å². The molecule has 1 aliphatic carbocycles. The third-order valence-corrected chi connectivity index (χ3v) is 16.1. The molecule has 0 spiro atoms. The third-order valence-electron chi connectivity index (χ3n) is 16.1. The van der Waals surface area contributed by atoms with E-state index >= 15 is 0 Å². The second-order valence-electron chi connectivity index (χ2n) is 24.7. The van der Waals surface area contributed by atoms with Crippen LogP contribution in [-0.2, 0) is 18.9 Å². The van der Waals surface area contributed by atoms with E-state index in [1.165, 1.54) is 12.1 Å². The molecular weight excluding hydrogens is 785 g/mol. The Morgan fingerprint density at radius 3 is 0.774 bits per heavy atom. The molecule has 0 radical (unpaired) electrons. The van der Waals surface area contributed by atoms with Gasteiger partial charge in [-0.05, 0) is 140 Å². The molecule has 0 unspecified atom stereocenters. The quantitative estimate of drug-likeness (QED) is 0.197. The summed E-state index contributed by atoms with van der Waals surface area (Å²) in [5.74, 6) is -3.12. The van der Waals surface area contributed by atoms with Crippen LogP contribution in [0.25, 0.3) is 0 Å². The number of hydrogen-bond acceptors (Lipinski definition) is 12. The van der Waals surface area contributed by atoms with E-state index in [0.717, 1.165) is 0 Å². The molecule has 1 saturated carbocycles. The fraction of sp³-hybridized carbons (Fsp3) is 0.800. The number of carbonyl (C=O) groups is 4. The molecule has 5 rings (SSSR count). The number of rotatable bonds is 8.